The molecule has 0 fully saturated rings. The molecule has 134 valence electrons. The second kappa shape index (κ2) is 8.01. The van der Waals surface area contributed by atoms with Gasteiger partial charge in [0.2, 0.25) is 0 Å². The van der Waals surface area contributed by atoms with Crippen molar-refractivity contribution in [2.24, 2.45) is 0 Å². The maximum absolute atomic E-state index is 11.2. The Balaban J connectivity index is 1.68. The van der Waals surface area contributed by atoms with Crippen LogP contribution in [0.15, 0.2) is 48.5 Å². The summed E-state index contributed by atoms with van der Waals surface area (Å²) >= 11 is 1.15. The van der Waals surface area contributed by atoms with Crippen molar-refractivity contribution >= 4 is 17.3 Å². The molecule has 0 radical (unpaired) electrons. The molecular weight excluding hydrogens is 350 g/mol. The molecule has 0 aliphatic heterocycles. The van der Waals surface area contributed by atoms with E-state index in [0.29, 0.717) is 29.7 Å². The van der Waals surface area contributed by atoms with E-state index >= 15 is 0 Å². The Morgan fingerprint density at radius 2 is 1.85 bits per heavy atom. The predicted octanol–water partition coefficient (Wildman–Crippen LogP) is 4.58. The van der Waals surface area contributed by atoms with Crippen molar-refractivity contribution in [3.05, 3.63) is 64.7 Å². The Bertz CT molecular complexity index is 920. The van der Waals surface area contributed by atoms with E-state index in [4.69, 9.17) is 9.47 Å². The molecule has 2 aromatic carbocycles. The van der Waals surface area contributed by atoms with Crippen LogP contribution >= 0.6 is 11.3 Å². The van der Waals surface area contributed by atoms with Gasteiger partial charge < -0.3 is 14.6 Å². The molecule has 0 bridgehead atoms. The van der Waals surface area contributed by atoms with E-state index in [1.54, 1.807) is 6.92 Å². The highest BCUT2D eigenvalue weighted by molar-refractivity contribution is 7.17. The number of hydrogen-bond acceptors (Lipinski definition) is 5. The number of benzene rings is 2. The third-order valence-electron chi connectivity index (χ3n) is 3.71. The van der Waals surface area contributed by atoms with Crippen molar-refractivity contribution in [1.82, 2.24) is 4.98 Å². The maximum Gasteiger partial charge on any atom is 0.347 e. The number of aryl methyl sites for hydroxylation is 2. The molecule has 6 heteroatoms. The van der Waals surface area contributed by atoms with Crippen LogP contribution in [0.5, 0.6) is 11.5 Å². The Hall–Kier alpha value is -2.86. The summed E-state index contributed by atoms with van der Waals surface area (Å²) in [6, 6.07) is 15.3. The van der Waals surface area contributed by atoms with E-state index in [2.05, 4.69) is 4.98 Å². The number of rotatable bonds is 7. The van der Waals surface area contributed by atoms with E-state index in [-0.39, 0.29) is 4.88 Å². The summed E-state index contributed by atoms with van der Waals surface area (Å²) in [5.74, 6) is 0.505. The smallest absolute Gasteiger partial charge is 0.347 e. The van der Waals surface area contributed by atoms with Crippen molar-refractivity contribution in [1.29, 1.82) is 0 Å². The number of ether oxygens (including phenoxy) is 2. The van der Waals surface area contributed by atoms with Gasteiger partial charge in [-0.25, -0.2) is 9.78 Å². The average molecular weight is 369 g/mol. The fourth-order valence-corrected chi connectivity index (χ4v) is 3.43. The SMILES string of the molecule is Cc1cccc(OCCOc2ccccc2-c2nc(C)c(C(=O)O)s2)c1. The summed E-state index contributed by atoms with van der Waals surface area (Å²) in [4.78, 5) is 15.9. The number of carboxylic acid groups (broad SMARTS) is 1. The minimum absolute atomic E-state index is 0.248. The van der Waals surface area contributed by atoms with Crippen LogP contribution in [0, 0.1) is 13.8 Å². The molecule has 0 unspecified atom stereocenters. The number of thiazole rings is 1. The molecule has 0 aliphatic rings. The first-order valence-electron chi connectivity index (χ1n) is 8.17. The van der Waals surface area contributed by atoms with Gasteiger partial charge in [-0.1, -0.05) is 24.3 Å². The number of aromatic carboxylic acids is 1. The summed E-state index contributed by atoms with van der Waals surface area (Å²) < 4.78 is 11.5. The number of carboxylic acids is 1. The largest absolute Gasteiger partial charge is 0.490 e. The highest BCUT2D eigenvalue weighted by Gasteiger charge is 2.17. The second-order valence-electron chi connectivity index (χ2n) is 5.75. The van der Waals surface area contributed by atoms with E-state index in [1.807, 2.05) is 55.5 Å². The Kier molecular flexibility index (Phi) is 5.53. The zero-order chi connectivity index (χ0) is 18.5. The van der Waals surface area contributed by atoms with Crippen LogP contribution in [0.25, 0.3) is 10.6 Å². The van der Waals surface area contributed by atoms with Gasteiger partial charge in [-0.05, 0) is 43.7 Å². The molecule has 0 saturated heterocycles. The molecule has 1 heterocycles. The highest BCUT2D eigenvalue weighted by atomic mass is 32.1. The van der Waals surface area contributed by atoms with Crippen molar-refractivity contribution in [2.45, 2.75) is 13.8 Å². The number of aromatic nitrogens is 1. The molecule has 26 heavy (non-hydrogen) atoms. The third-order valence-corrected chi connectivity index (χ3v) is 4.89. The molecule has 0 amide bonds. The van der Waals surface area contributed by atoms with Gasteiger partial charge in [-0.15, -0.1) is 11.3 Å². The summed E-state index contributed by atoms with van der Waals surface area (Å²) in [5, 5.41) is 9.85. The Morgan fingerprint density at radius 1 is 1.08 bits per heavy atom. The van der Waals surface area contributed by atoms with Crippen molar-refractivity contribution < 1.29 is 19.4 Å². The Morgan fingerprint density at radius 3 is 2.58 bits per heavy atom. The number of hydrogen-bond donors (Lipinski definition) is 1. The first-order valence-corrected chi connectivity index (χ1v) is 8.98. The monoisotopic (exact) mass is 369 g/mol. The molecule has 0 saturated carbocycles. The van der Waals surface area contributed by atoms with Gasteiger partial charge in [0.25, 0.3) is 0 Å². The van der Waals surface area contributed by atoms with Gasteiger partial charge in [0, 0.05) is 0 Å². The van der Waals surface area contributed by atoms with Crippen molar-refractivity contribution in [3.8, 4) is 22.1 Å². The lowest BCUT2D eigenvalue weighted by atomic mass is 10.2. The van der Waals surface area contributed by atoms with Crippen LogP contribution in [-0.4, -0.2) is 29.3 Å². The van der Waals surface area contributed by atoms with E-state index < -0.39 is 5.97 Å². The zero-order valence-corrected chi connectivity index (χ0v) is 15.4. The molecule has 0 spiro atoms. The molecule has 0 aliphatic carbocycles. The topological polar surface area (TPSA) is 68.7 Å². The van der Waals surface area contributed by atoms with E-state index in [1.165, 1.54) is 0 Å². The summed E-state index contributed by atoms with van der Waals surface area (Å²) in [5.41, 5.74) is 2.43. The van der Waals surface area contributed by atoms with Crippen LogP contribution in [0.1, 0.15) is 20.9 Å². The van der Waals surface area contributed by atoms with Gasteiger partial charge >= 0.3 is 5.97 Å². The zero-order valence-electron chi connectivity index (χ0n) is 14.6. The minimum atomic E-state index is -0.962. The van der Waals surface area contributed by atoms with Gasteiger partial charge in [0.1, 0.15) is 34.6 Å². The summed E-state index contributed by atoms with van der Waals surface area (Å²) in [6.45, 7) is 4.50. The molecule has 3 aromatic rings. The lowest BCUT2D eigenvalue weighted by molar-refractivity contribution is 0.0701. The normalized spacial score (nSPS) is 10.5. The maximum atomic E-state index is 11.2. The lowest BCUT2D eigenvalue weighted by Gasteiger charge is -2.11. The predicted molar refractivity (Wildman–Crippen MR) is 101 cm³/mol. The standard InChI is InChI=1S/C20H19NO4S/c1-13-6-5-7-15(12-13)24-10-11-25-17-9-4-3-8-16(17)19-21-14(2)18(26-19)20(22)23/h3-9,12H,10-11H2,1-2H3,(H,22,23). The van der Waals surface area contributed by atoms with Gasteiger partial charge in [0.05, 0.1) is 11.3 Å². The highest BCUT2D eigenvalue weighted by Crippen LogP contribution is 2.34. The summed E-state index contributed by atoms with van der Waals surface area (Å²) in [7, 11) is 0. The van der Waals surface area contributed by atoms with Gasteiger partial charge in [-0.3, -0.25) is 0 Å². The average Bonchev–Trinajstić information content (AvgIpc) is 3.01. The van der Waals surface area contributed by atoms with Crippen molar-refractivity contribution in [3.63, 3.8) is 0 Å². The number of nitrogens with zero attached hydrogens (tertiary/aromatic N) is 1. The quantitative estimate of drug-likeness (QED) is 0.617. The number of carbonyl (C=O) groups is 1. The first-order chi connectivity index (χ1) is 12.5. The van der Waals surface area contributed by atoms with Crippen LogP contribution in [0.3, 0.4) is 0 Å². The second-order valence-corrected chi connectivity index (χ2v) is 6.75. The molecule has 0 atom stereocenters. The fraction of sp³-hybridized carbons (Fsp3) is 0.200. The van der Waals surface area contributed by atoms with Crippen molar-refractivity contribution in [2.75, 3.05) is 13.2 Å². The first kappa shape index (κ1) is 17.9. The van der Waals surface area contributed by atoms with Gasteiger partial charge in [0.15, 0.2) is 0 Å². The fourth-order valence-electron chi connectivity index (χ4n) is 2.50. The summed E-state index contributed by atoms with van der Waals surface area (Å²) in [6.07, 6.45) is 0. The molecule has 3 rings (SSSR count). The van der Waals surface area contributed by atoms with Crippen LogP contribution < -0.4 is 9.47 Å². The van der Waals surface area contributed by atoms with Crippen LogP contribution in [-0.2, 0) is 0 Å². The molecular formula is C20H19NO4S. The molecule has 1 aromatic heterocycles. The molecule has 1 N–H and O–H groups in total. The van der Waals surface area contributed by atoms with Gasteiger partial charge in [-0.2, -0.15) is 0 Å². The van der Waals surface area contributed by atoms with Crippen LogP contribution in [0.2, 0.25) is 0 Å². The third kappa shape index (κ3) is 4.21. The lowest BCUT2D eigenvalue weighted by Crippen LogP contribution is -2.09. The van der Waals surface area contributed by atoms with E-state index in [0.717, 1.165) is 28.2 Å². The minimum Gasteiger partial charge on any atom is -0.490 e. The Labute approximate surface area is 155 Å². The van der Waals surface area contributed by atoms with Crippen LogP contribution in [0.4, 0.5) is 0 Å². The van der Waals surface area contributed by atoms with E-state index in [9.17, 15) is 9.90 Å². The number of para-hydroxylation sites is 1. The molecule has 5 nitrogen and oxygen atoms in total.